The molecule has 0 fully saturated rings. The van der Waals surface area contributed by atoms with E-state index in [0.29, 0.717) is 6.61 Å². The number of hydrogen-bond donors (Lipinski definition) is 0. The van der Waals surface area contributed by atoms with E-state index in [9.17, 15) is 0 Å². The Morgan fingerprint density at radius 2 is 1.12 bits per heavy atom. The van der Waals surface area contributed by atoms with Crippen LogP contribution < -0.4 is 4.74 Å². The molecule has 1 aliphatic carbocycles. The second-order valence-electron chi connectivity index (χ2n) is 15.6. The molecule has 0 saturated heterocycles. The predicted molar refractivity (Wildman–Crippen MR) is 240 cm³/mol. The summed E-state index contributed by atoms with van der Waals surface area (Å²) < 4.78 is 6.42. The van der Waals surface area contributed by atoms with E-state index in [2.05, 4.69) is 185 Å². The topological polar surface area (TPSA) is 9.23 Å². The van der Waals surface area contributed by atoms with Gasteiger partial charge in [-0.3, -0.25) is 0 Å². The minimum atomic E-state index is -0.107. The van der Waals surface area contributed by atoms with Crippen molar-refractivity contribution in [3.63, 3.8) is 0 Å². The molecule has 0 aromatic heterocycles. The fourth-order valence-corrected chi connectivity index (χ4v) is 9.35. The second kappa shape index (κ2) is 13.3. The Bertz CT molecular complexity index is 2990. The van der Waals surface area contributed by atoms with E-state index >= 15 is 0 Å². The first kappa shape index (κ1) is 33.8. The Labute approximate surface area is 329 Å². The van der Waals surface area contributed by atoms with E-state index in [-0.39, 0.29) is 5.41 Å². The van der Waals surface area contributed by atoms with Gasteiger partial charge in [-0.15, -0.1) is 0 Å². The van der Waals surface area contributed by atoms with Gasteiger partial charge in [-0.1, -0.05) is 161 Å². The smallest absolute Gasteiger partial charge is 0.131 e. The number of rotatable bonds is 5. The summed E-state index contributed by atoms with van der Waals surface area (Å²) in [5.41, 5.74) is 15.8. The molecule has 0 N–H and O–H groups in total. The Hall–Kier alpha value is -6.70. The van der Waals surface area contributed by atoms with E-state index in [1.54, 1.807) is 0 Å². The van der Waals surface area contributed by atoms with Crippen LogP contribution in [0, 0.1) is 0 Å². The molecule has 0 amide bonds. The van der Waals surface area contributed by atoms with Gasteiger partial charge >= 0.3 is 0 Å². The van der Waals surface area contributed by atoms with Crippen LogP contribution in [0.3, 0.4) is 0 Å². The van der Waals surface area contributed by atoms with Gasteiger partial charge < -0.3 is 4.74 Å². The fourth-order valence-electron chi connectivity index (χ4n) is 9.35. The molecule has 1 nitrogen and oxygen atoms in total. The van der Waals surface area contributed by atoms with Crippen molar-refractivity contribution in [3.05, 3.63) is 199 Å². The molecule has 2 aliphatic rings. The monoisotopic (exact) mass is 718 g/mol. The maximum atomic E-state index is 6.42. The SMILES string of the molecule is C=Cc1c(C=C)c(-c2ccc3cc(-c4ccc5c(c4)-c4cc6c7c(ccc6cc4C5(C)C)C/C=C\C=C/CO7)ccc3c2)c2ccccc2c1-c1ccccc1. The Balaban J connectivity index is 1.07. The Morgan fingerprint density at radius 1 is 0.518 bits per heavy atom. The third-order valence-corrected chi connectivity index (χ3v) is 12.1. The van der Waals surface area contributed by atoms with Crippen LogP contribution in [0.5, 0.6) is 5.75 Å². The molecule has 0 radical (unpaired) electrons. The zero-order valence-corrected chi connectivity index (χ0v) is 31.9. The molecule has 0 bridgehead atoms. The molecular formula is C55H42O. The van der Waals surface area contributed by atoms with Crippen molar-refractivity contribution in [2.24, 2.45) is 0 Å². The van der Waals surface area contributed by atoms with Gasteiger partial charge in [0, 0.05) is 10.8 Å². The molecule has 1 aliphatic heterocycles. The molecule has 1 heteroatoms. The zero-order chi connectivity index (χ0) is 38.0. The first-order valence-electron chi connectivity index (χ1n) is 19.6. The highest BCUT2D eigenvalue weighted by Gasteiger charge is 2.36. The van der Waals surface area contributed by atoms with E-state index in [1.807, 2.05) is 12.2 Å². The molecule has 8 aromatic carbocycles. The van der Waals surface area contributed by atoms with Crippen LogP contribution in [-0.4, -0.2) is 6.61 Å². The van der Waals surface area contributed by atoms with Crippen molar-refractivity contribution in [1.82, 2.24) is 0 Å². The van der Waals surface area contributed by atoms with Crippen molar-refractivity contribution >= 4 is 44.5 Å². The predicted octanol–water partition coefficient (Wildman–Crippen LogP) is 14.8. The van der Waals surface area contributed by atoms with Gasteiger partial charge in [-0.25, -0.2) is 0 Å². The molecule has 0 unspecified atom stereocenters. The summed E-state index contributed by atoms with van der Waals surface area (Å²) in [4.78, 5) is 0. The number of hydrogen-bond acceptors (Lipinski definition) is 1. The van der Waals surface area contributed by atoms with E-state index in [4.69, 9.17) is 4.74 Å². The summed E-state index contributed by atoms with van der Waals surface area (Å²) >= 11 is 0. The maximum absolute atomic E-state index is 6.42. The minimum Gasteiger partial charge on any atom is -0.489 e. The normalized spacial score (nSPS) is 15.2. The number of ether oxygens (including phenoxy) is 1. The molecule has 8 aromatic rings. The first-order chi connectivity index (χ1) is 27.4. The highest BCUT2D eigenvalue weighted by atomic mass is 16.5. The van der Waals surface area contributed by atoms with Crippen molar-refractivity contribution < 1.29 is 4.74 Å². The molecule has 0 saturated carbocycles. The zero-order valence-electron chi connectivity index (χ0n) is 31.9. The van der Waals surface area contributed by atoms with Crippen LogP contribution >= 0.6 is 0 Å². The van der Waals surface area contributed by atoms with Crippen LogP contribution in [-0.2, 0) is 11.8 Å². The molecule has 10 rings (SSSR count). The lowest BCUT2D eigenvalue weighted by atomic mass is 9.81. The highest BCUT2D eigenvalue weighted by Crippen LogP contribution is 2.52. The average molecular weight is 719 g/mol. The van der Waals surface area contributed by atoms with Crippen molar-refractivity contribution in [2.45, 2.75) is 25.7 Å². The largest absolute Gasteiger partial charge is 0.489 e. The van der Waals surface area contributed by atoms with Crippen LogP contribution in [0.25, 0.3) is 89.0 Å². The fraction of sp³-hybridized carbons (Fsp3) is 0.0909. The van der Waals surface area contributed by atoms with Crippen molar-refractivity contribution in [2.75, 3.05) is 6.61 Å². The summed E-state index contributed by atoms with van der Waals surface area (Å²) in [6.07, 6.45) is 13.3. The third-order valence-electron chi connectivity index (χ3n) is 12.1. The maximum Gasteiger partial charge on any atom is 0.131 e. The number of benzene rings is 8. The van der Waals surface area contributed by atoms with E-state index < -0.39 is 0 Å². The summed E-state index contributed by atoms with van der Waals surface area (Å²) in [5, 5.41) is 7.24. The Morgan fingerprint density at radius 3 is 1.88 bits per heavy atom. The molecule has 1 heterocycles. The lowest BCUT2D eigenvalue weighted by molar-refractivity contribution is 0.364. The Kier molecular flexibility index (Phi) is 8.01. The van der Waals surface area contributed by atoms with Crippen LogP contribution in [0.2, 0.25) is 0 Å². The van der Waals surface area contributed by atoms with Gasteiger partial charge in [-0.2, -0.15) is 0 Å². The van der Waals surface area contributed by atoms with Gasteiger partial charge in [0.1, 0.15) is 12.4 Å². The van der Waals surface area contributed by atoms with Crippen LogP contribution in [0.15, 0.2) is 171 Å². The van der Waals surface area contributed by atoms with E-state index in [0.717, 1.165) is 23.3 Å². The van der Waals surface area contributed by atoms with Gasteiger partial charge in [0.2, 0.25) is 0 Å². The summed E-state index contributed by atoms with van der Waals surface area (Å²) in [6, 6.07) is 49.4. The second-order valence-corrected chi connectivity index (χ2v) is 15.6. The standard InChI is InChI=1S/C55H42O/c1-5-43-44(6-2)53(46-20-14-13-19-45(46)52(43)35-16-11-9-12-17-35)42-26-24-37-30-38(22-23-39(37)31-42)40-27-28-50-48(32-40)49-34-47-41(33-51(49)55(50,3)4)25-21-36-18-10-7-8-15-29-56-54(36)47/h5-17,19-28,30-34H,1-2,18,29H2,3-4H3/b10-7-,15-8-. The van der Waals surface area contributed by atoms with Gasteiger partial charge in [0.05, 0.1) is 0 Å². The highest BCUT2D eigenvalue weighted by molar-refractivity contribution is 6.12. The lowest BCUT2D eigenvalue weighted by Crippen LogP contribution is -2.14. The summed E-state index contributed by atoms with van der Waals surface area (Å²) in [7, 11) is 0. The number of fused-ring (bicyclic) bond motifs is 8. The van der Waals surface area contributed by atoms with Gasteiger partial charge in [-0.05, 0) is 142 Å². The molecular weight excluding hydrogens is 677 g/mol. The van der Waals surface area contributed by atoms with Crippen molar-refractivity contribution in [3.8, 4) is 50.3 Å². The summed E-state index contributed by atoms with van der Waals surface area (Å²) in [6.45, 7) is 13.9. The minimum absolute atomic E-state index is 0.107. The third kappa shape index (κ3) is 5.30. The molecule has 56 heavy (non-hydrogen) atoms. The van der Waals surface area contributed by atoms with Crippen LogP contribution in [0.1, 0.15) is 41.7 Å². The average Bonchev–Trinajstić information content (AvgIpc) is 3.53. The summed E-state index contributed by atoms with van der Waals surface area (Å²) in [5.74, 6) is 0.999. The molecule has 268 valence electrons. The number of allylic oxidation sites excluding steroid dienone is 3. The van der Waals surface area contributed by atoms with Gasteiger partial charge in [0.25, 0.3) is 0 Å². The molecule has 0 atom stereocenters. The first-order valence-corrected chi connectivity index (χ1v) is 19.6. The lowest BCUT2D eigenvalue weighted by Gasteiger charge is -2.22. The molecule has 0 spiro atoms. The van der Waals surface area contributed by atoms with Crippen molar-refractivity contribution in [1.29, 1.82) is 0 Å². The van der Waals surface area contributed by atoms with Crippen LogP contribution in [0.4, 0.5) is 0 Å². The van der Waals surface area contributed by atoms with Gasteiger partial charge in [0.15, 0.2) is 0 Å². The van der Waals surface area contributed by atoms with E-state index in [1.165, 1.54) is 93.5 Å². The quantitative estimate of drug-likeness (QED) is 0.172.